The highest BCUT2D eigenvalue weighted by molar-refractivity contribution is 9.10. The lowest BCUT2D eigenvalue weighted by Crippen LogP contribution is -2.39. The summed E-state index contributed by atoms with van der Waals surface area (Å²) in [5, 5.41) is 3.29. The first-order chi connectivity index (χ1) is 8.65. The second kappa shape index (κ2) is 4.24. The van der Waals surface area contributed by atoms with Crippen molar-refractivity contribution in [2.45, 2.75) is 18.8 Å². The summed E-state index contributed by atoms with van der Waals surface area (Å²) >= 11 is 3.37. The van der Waals surface area contributed by atoms with Crippen LogP contribution in [0.5, 0.6) is 0 Å². The summed E-state index contributed by atoms with van der Waals surface area (Å²) in [5.41, 5.74) is 1.59. The SMILES string of the molecule is O=C1CCC(c2coc3cc(Br)ccc23)C(=O)N1. The number of carbonyl (C=O) groups is 2. The Balaban J connectivity index is 2.04. The van der Waals surface area contributed by atoms with E-state index in [9.17, 15) is 9.59 Å². The summed E-state index contributed by atoms with van der Waals surface area (Å²) in [7, 11) is 0. The van der Waals surface area contributed by atoms with Gasteiger partial charge in [-0.25, -0.2) is 0 Å². The standard InChI is InChI=1S/C13H10BrNO3/c14-7-1-2-8-10(6-18-11(8)5-7)9-3-4-12(16)15-13(9)17/h1-2,5-6,9H,3-4H2,(H,15,16,17). The Morgan fingerprint density at radius 2 is 2.17 bits per heavy atom. The maximum absolute atomic E-state index is 11.8. The zero-order valence-electron chi connectivity index (χ0n) is 9.40. The minimum Gasteiger partial charge on any atom is -0.464 e. The van der Waals surface area contributed by atoms with Gasteiger partial charge in [-0.1, -0.05) is 15.9 Å². The molecular formula is C13H10BrNO3. The Kier molecular flexibility index (Phi) is 2.70. The molecule has 0 radical (unpaired) electrons. The number of carbonyl (C=O) groups excluding carboxylic acids is 2. The molecule has 3 rings (SSSR count). The van der Waals surface area contributed by atoms with Crippen LogP contribution in [0.2, 0.25) is 0 Å². The molecule has 1 fully saturated rings. The lowest BCUT2D eigenvalue weighted by Gasteiger charge is -2.19. The van der Waals surface area contributed by atoms with E-state index < -0.39 is 0 Å². The van der Waals surface area contributed by atoms with Gasteiger partial charge in [0.25, 0.3) is 0 Å². The van der Waals surface area contributed by atoms with Crippen molar-refractivity contribution in [2.75, 3.05) is 0 Å². The van der Waals surface area contributed by atoms with Gasteiger partial charge >= 0.3 is 0 Å². The molecule has 1 aliphatic rings. The molecule has 1 atom stereocenters. The monoisotopic (exact) mass is 307 g/mol. The van der Waals surface area contributed by atoms with Crippen molar-refractivity contribution < 1.29 is 14.0 Å². The minimum atomic E-state index is -0.301. The number of nitrogens with one attached hydrogen (secondary N) is 1. The Bertz CT molecular complexity index is 647. The lowest BCUT2D eigenvalue weighted by molar-refractivity contribution is -0.134. The number of fused-ring (bicyclic) bond motifs is 1. The minimum absolute atomic E-state index is 0.202. The van der Waals surface area contributed by atoms with Gasteiger partial charge in [0.1, 0.15) is 5.58 Å². The summed E-state index contributed by atoms with van der Waals surface area (Å²) in [6.07, 6.45) is 2.52. The zero-order valence-corrected chi connectivity index (χ0v) is 11.0. The van der Waals surface area contributed by atoms with E-state index in [1.165, 1.54) is 0 Å². The average molecular weight is 308 g/mol. The highest BCUT2D eigenvalue weighted by Crippen LogP contribution is 2.33. The summed E-state index contributed by atoms with van der Waals surface area (Å²) in [4.78, 5) is 23.0. The second-order valence-electron chi connectivity index (χ2n) is 4.34. The molecule has 5 heteroatoms. The van der Waals surface area contributed by atoms with Gasteiger partial charge in [0, 0.05) is 21.8 Å². The van der Waals surface area contributed by atoms with Crippen molar-refractivity contribution in [1.82, 2.24) is 5.32 Å². The number of hydrogen-bond acceptors (Lipinski definition) is 3. The van der Waals surface area contributed by atoms with Crippen molar-refractivity contribution in [1.29, 1.82) is 0 Å². The van der Waals surface area contributed by atoms with Crippen LogP contribution in [0.4, 0.5) is 0 Å². The van der Waals surface area contributed by atoms with Crippen LogP contribution in [0.1, 0.15) is 24.3 Å². The molecule has 1 saturated heterocycles. The number of amides is 2. The quantitative estimate of drug-likeness (QED) is 0.824. The molecule has 18 heavy (non-hydrogen) atoms. The summed E-state index contributed by atoms with van der Waals surface area (Å²) in [6.45, 7) is 0. The molecule has 2 aromatic rings. The predicted molar refractivity (Wildman–Crippen MR) is 69.0 cm³/mol. The van der Waals surface area contributed by atoms with E-state index in [-0.39, 0.29) is 17.7 Å². The van der Waals surface area contributed by atoms with Crippen LogP contribution in [0.15, 0.2) is 33.4 Å². The second-order valence-corrected chi connectivity index (χ2v) is 5.25. The smallest absolute Gasteiger partial charge is 0.234 e. The van der Waals surface area contributed by atoms with Crippen LogP contribution in [-0.4, -0.2) is 11.8 Å². The van der Waals surface area contributed by atoms with E-state index in [0.29, 0.717) is 12.8 Å². The van der Waals surface area contributed by atoms with Crippen LogP contribution in [0, 0.1) is 0 Å². The van der Waals surface area contributed by atoms with Crippen molar-refractivity contribution >= 4 is 38.7 Å². The largest absolute Gasteiger partial charge is 0.464 e. The summed E-state index contributed by atoms with van der Waals surface area (Å²) in [6, 6.07) is 5.69. The van der Waals surface area contributed by atoms with E-state index >= 15 is 0 Å². The highest BCUT2D eigenvalue weighted by atomic mass is 79.9. The summed E-state index contributed by atoms with van der Waals surface area (Å²) in [5.74, 6) is -0.742. The van der Waals surface area contributed by atoms with Gasteiger partial charge in [-0.3, -0.25) is 14.9 Å². The van der Waals surface area contributed by atoms with Crippen molar-refractivity contribution in [3.8, 4) is 0 Å². The molecular weight excluding hydrogens is 298 g/mol. The number of piperidine rings is 1. The molecule has 2 heterocycles. The molecule has 0 saturated carbocycles. The number of benzene rings is 1. The Hall–Kier alpha value is -1.62. The van der Waals surface area contributed by atoms with Gasteiger partial charge in [0.2, 0.25) is 11.8 Å². The molecule has 92 valence electrons. The Morgan fingerprint density at radius 1 is 1.33 bits per heavy atom. The number of rotatable bonds is 1. The molecule has 1 aromatic heterocycles. The predicted octanol–water partition coefficient (Wildman–Crippen LogP) is 2.72. The maximum atomic E-state index is 11.8. The number of hydrogen-bond donors (Lipinski definition) is 1. The van der Waals surface area contributed by atoms with Gasteiger partial charge in [-0.15, -0.1) is 0 Å². The van der Waals surface area contributed by atoms with Crippen molar-refractivity contribution in [3.63, 3.8) is 0 Å². The fourth-order valence-electron chi connectivity index (χ4n) is 2.28. The van der Waals surface area contributed by atoms with E-state index in [4.69, 9.17) is 4.42 Å². The number of furan rings is 1. The van der Waals surface area contributed by atoms with Crippen LogP contribution in [0.25, 0.3) is 11.0 Å². The third-order valence-corrected chi connectivity index (χ3v) is 3.68. The zero-order chi connectivity index (χ0) is 12.7. The Labute approximate surface area is 111 Å². The van der Waals surface area contributed by atoms with E-state index in [1.807, 2.05) is 18.2 Å². The molecule has 0 aliphatic carbocycles. The normalized spacial score (nSPS) is 20.2. The molecule has 2 amide bonds. The highest BCUT2D eigenvalue weighted by Gasteiger charge is 2.30. The molecule has 1 unspecified atom stereocenters. The van der Waals surface area contributed by atoms with Gasteiger partial charge < -0.3 is 4.42 Å². The third-order valence-electron chi connectivity index (χ3n) is 3.18. The van der Waals surface area contributed by atoms with Crippen LogP contribution < -0.4 is 5.32 Å². The number of imide groups is 1. The van der Waals surface area contributed by atoms with Gasteiger partial charge in [0.05, 0.1) is 12.2 Å². The molecule has 0 bridgehead atoms. The van der Waals surface area contributed by atoms with Crippen LogP contribution in [0.3, 0.4) is 0 Å². The van der Waals surface area contributed by atoms with Crippen LogP contribution >= 0.6 is 15.9 Å². The number of halogens is 1. The fraction of sp³-hybridized carbons (Fsp3) is 0.231. The molecule has 1 N–H and O–H groups in total. The summed E-state index contributed by atoms with van der Waals surface area (Å²) < 4.78 is 6.39. The van der Waals surface area contributed by atoms with Crippen molar-refractivity contribution in [2.24, 2.45) is 0 Å². The fourth-order valence-corrected chi connectivity index (χ4v) is 2.62. The topological polar surface area (TPSA) is 59.3 Å². The molecule has 4 nitrogen and oxygen atoms in total. The first-order valence-electron chi connectivity index (χ1n) is 5.65. The molecule has 1 aliphatic heterocycles. The van der Waals surface area contributed by atoms with Crippen LogP contribution in [-0.2, 0) is 9.59 Å². The molecule has 1 aromatic carbocycles. The van der Waals surface area contributed by atoms with Gasteiger partial charge in [-0.05, 0) is 24.6 Å². The maximum Gasteiger partial charge on any atom is 0.234 e. The first-order valence-corrected chi connectivity index (χ1v) is 6.45. The van der Waals surface area contributed by atoms with Gasteiger partial charge in [0.15, 0.2) is 0 Å². The Morgan fingerprint density at radius 3 is 2.94 bits per heavy atom. The third kappa shape index (κ3) is 1.84. The average Bonchev–Trinajstić information content (AvgIpc) is 2.72. The van der Waals surface area contributed by atoms with E-state index in [1.54, 1.807) is 6.26 Å². The lowest BCUT2D eigenvalue weighted by atomic mass is 9.90. The first kappa shape index (κ1) is 11.5. The van der Waals surface area contributed by atoms with Crippen molar-refractivity contribution in [3.05, 3.63) is 34.5 Å². The van der Waals surface area contributed by atoms with E-state index in [0.717, 1.165) is 21.0 Å². The van der Waals surface area contributed by atoms with E-state index in [2.05, 4.69) is 21.2 Å². The van der Waals surface area contributed by atoms with Gasteiger partial charge in [-0.2, -0.15) is 0 Å². The molecule has 0 spiro atoms.